The molecule has 2 rings (SSSR count). The Bertz CT molecular complexity index is 600. The summed E-state index contributed by atoms with van der Waals surface area (Å²) in [6, 6.07) is 7.14. The van der Waals surface area contributed by atoms with Crippen LogP contribution in [-0.4, -0.2) is 55.2 Å². The fourth-order valence-electron chi connectivity index (χ4n) is 3.14. The summed E-state index contributed by atoms with van der Waals surface area (Å²) in [5, 5.41) is 0. The summed E-state index contributed by atoms with van der Waals surface area (Å²) in [6.07, 6.45) is 0.700. The number of rotatable bonds is 6. The van der Waals surface area contributed by atoms with Gasteiger partial charge in [0.2, 0.25) is 11.8 Å². The number of ether oxygens (including phenoxy) is 2. The van der Waals surface area contributed by atoms with Gasteiger partial charge in [-0.1, -0.05) is 18.2 Å². The maximum atomic E-state index is 12.6. The number of hydrogen-bond donors (Lipinski definition) is 1. The van der Waals surface area contributed by atoms with Gasteiger partial charge in [0.05, 0.1) is 18.3 Å². The Morgan fingerprint density at radius 1 is 1.38 bits per heavy atom. The van der Waals surface area contributed by atoms with Gasteiger partial charge in [0.25, 0.3) is 0 Å². The first-order valence-electron chi connectivity index (χ1n) is 8.14. The monoisotopic (exact) mass is 334 g/mol. The molecule has 1 saturated heterocycles. The van der Waals surface area contributed by atoms with Crippen molar-refractivity contribution in [1.82, 2.24) is 4.90 Å². The highest BCUT2D eigenvalue weighted by Crippen LogP contribution is 2.22. The molecule has 1 aliphatic rings. The van der Waals surface area contributed by atoms with E-state index in [9.17, 15) is 9.59 Å². The van der Waals surface area contributed by atoms with E-state index in [0.717, 1.165) is 5.56 Å². The zero-order valence-electron chi connectivity index (χ0n) is 14.6. The van der Waals surface area contributed by atoms with Crippen molar-refractivity contribution in [3.8, 4) is 0 Å². The second-order valence-corrected chi connectivity index (χ2v) is 6.75. The lowest BCUT2D eigenvalue weighted by Crippen LogP contribution is -2.55. The minimum absolute atomic E-state index is 0.0479. The van der Waals surface area contributed by atoms with Crippen LogP contribution in [0, 0.1) is 0 Å². The van der Waals surface area contributed by atoms with Crippen LogP contribution in [0.15, 0.2) is 24.3 Å². The molecule has 1 aliphatic heterocycles. The van der Waals surface area contributed by atoms with E-state index in [-0.39, 0.29) is 12.0 Å². The van der Waals surface area contributed by atoms with Crippen LogP contribution >= 0.6 is 0 Å². The Hall–Kier alpha value is -1.92. The lowest BCUT2D eigenvalue weighted by atomic mass is 10.0. The first-order valence-corrected chi connectivity index (χ1v) is 8.14. The maximum Gasteiger partial charge on any atom is 0.248 e. The number of carbonyl (C=O) groups excluding carboxylic acids is 2. The molecule has 0 aliphatic carbocycles. The molecule has 0 unspecified atom stereocenters. The van der Waals surface area contributed by atoms with Crippen LogP contribution < -0.4 is 5.73 Å². The highest BCUT2D eigenvalue weighted by molar-refractivity contribution is 5.94. The predicted octanol–water partition coefficient (Wildman–Crippen LogP) is 1.37. The maximum absolute atomic E-state index is 12.6. The van der Waals surface area contributed by atoms with E-state index in [2.05, 4.69) is 0 Å². The van der Waals surface area contributed by atoms with E-state index in [1.54, 1.807) is 19.2 Å². The molecule has 2 amide bonds. The third-order valence-corrected chi connectivity index (χ3v) is 4.08. The van der Waals surface area contributed by atoms with Crippen molar-refractivity contribution in [2.75, 3.05) is 26.8 Å². The largest absolute Gasteiger partial charge is 0.382 e. The Balaban J connectivity index is 2.00. The Kier molecular flexibility index (Phi) is 5.96. The van der Waals surface area contributed by atoms with Crippen molar-refractivity contribution >= 4 is 11.8 Å². The number of carbonyl (C=O) groups is 2. The zero-order valence-corrected chi connectivity index (χ0v) is 14.6. The van der Waals surface area contributed by atoms with Crippen molar-refractivity contribution in [3.05, 3.63) is 35.4 Å². The summed E-state index contributed by atoms with van der Waals surface area (Å²) in [6.45, 7) is 5.46. The highest BCUT2D eigenvalue weighted by atomic mass is 16.5. The van der Waals surface area contributed by atoms with Gasteiger partial charge in [-0.25, -0.2) is 0 Å². The number of methoxy groups -OCH3 is 1. The van der Waals surface area contributed by atoms with Crippen LogP contribution in [0.5, 0.6) is 0 Å². The van der Waals surface area contributed by atoms with Gasteiger partial charge in [-0.15, -0.1) is 0 Å². The topological polar surface area (TPSA) is 81.9 Å². The van der Waals surface area contributed by atoms with Crippen LogP contribution in [0.2, 0.25) is 0 Å². The molecule has 1 heterocycles. The number of primary amides is 1. The molecule has 0 spiro atoms. The third kappa shape index (κ3) is 4.79. The van der Waals surface area contributed by atoms with Crippen molar-refractivity contribution in [1.29, 1.82) is 0 Å². The van der Waals surface area contributed by atoms with E-state index >= 15 is 0 Å². The first-order chi connectivity index (χ1) is 11.3. The number of morpholine rings is 1. The Morgan fingerprint density at radius 3 is 2.75 bits per heavy atom. The quantitative estimate of drug-likeness (QED) is 0.852. The van der Waals surface area contributed by atoms with Gasteiger partial charge in [-0.3, -0.25) is 9.59 Å². The lowest BCUT2D eigenvalue weighted by molar-refractivity contribution is -0.168. The molecule has 1 fully saturated rings. The fraction of sp³-hybridized carbons (Fsp3) is 0.556. The molecule has 2 N–H and O–H groups in total. The smallest absolute Gasteiger partial charge is 0.248 e. The number of nitrogens with zero attached hydrogens (tertiary/aromatic N) is 1. The van der Waals surface area contributed by atoms with Gasteiger partial charge >= 0.3 is 0 Å². The first kappa shape index (κ1) is 18.4. The average molecular weight is 334 g/mol. The molecule has 24 heavy (non-hydrogen) atoms. The number of benzene rings is 1. The van der Waals surface area contributed by atoms with Gasteiger partial charge in [-0.2, -0.15) is 0 Å². The molecule has 1 aromatic rings. The van der Waals surface area contributed by atoms with Crippen LogP contribution in [0.3, 0.4) is 0 Å². The molecule has 0 aromatic heterocycles. The van der Waals surface area contributed by atoms with E-state index < -0.39 is 11.5 Å². The molecule has 0 radical (unpaired) electrons. The highest BCUT2D eigenvalue weighted by Gasteiger charge is 2.35. The second kappa shape index (κ2) is 7.77. The molecule has 1 aromatic carbocycles. The molecule has 0 bridgehead atoms. The van der Waals surface area contributed by atoms with Gasteiger partial charge in [-0.05, 0) is 31.9 Å². The SMILES string of the molecule is COC[C@H]1CN(C(=O)CCc2ccccc2C(N)=O)CC(C)(C)O1. The fourth-order valence-corrected chi connectivity index (χ4v) is 3.14. The van der Waals surface area contributed by atoms with Gasteiger partial charge < -0.3 is 20.1 Å². The van der Waals surface area contributed by atoms with Crippen LogP contribution in [0.4, 0.5) is 0 Å². The van der Waals surface area contributed by atoms with Crippen molar-refractivity contribution in [2.24, 2.45) is 5.73 Å². The van der Waals surface area contributed by atoms with E-state index in [4.69, 9.17) is 15.2 Å². The zero-order chi connectivity index (χ0) is 17.7. The van der Waals surface area contributed by atoms with Gasteiger partial charge in [0, 0.05) is 32.2 Å². The van der Waals surface area contributed by atoms with Gasteiger partial charge in [0.1, 0.15) is 0 Å². The number of aryl methyl sites for hydroxylation is 1. The normalized spacial score (nSPS) is 20.0. The van der Waals surface area contributed by atoms with Crippen LogP contribution in [0.25, 0.3) is 0 Å². The van der Waals surface area contributed by atoms with Gasteiger partial charge in [0.15, 0.2) is 0 Å². The number of nitrogens with two attached hydrogens (primary N) is 1. The summed E-state index contributed by atoms with van der Waals surface area (Å²) in [5.74, 6) is -0.419. The lowest BCUT2D eigenvalue weighted by Gasteiger charge is -2.42. The third-order valence-electron chi connectivity index (χ3n) is 4.08. The minimum atomic E-state index is -0.467. The van der Waals surface area contributed by atoms with Crippen LogP contribution in [0.1, 0.15) is 36.2 Å². The molecule has 1 atom stereocenters. The van der Waals surface area contributed by atoms with E-state index in [1.165, 1.54) is 0 Å². The molecule has 6 heteroatoms. The molecule has 132 valence electrons. The Morgan fingerprint density at radius 2 is 2.08 bits per heavy atom. The number of amides is 2. The van der Waals surface area contributed by atoms with Crippen molar-refractivity contribution in [3.63, 3.8) is 0 Å². The van der Waals surface area contributed by atoms with Crippen molar-refractivity contribution in [2.45, 2.75) is 38.4 Å². The summed E-state index contributed by atoms with van der Waals surface area (Å²) < 4.78 is 11.1. The average Bonchev–Trinajstić information content (AvgIpc) is 2.51. The predicted molar refractivity (Wildman–Crippen MR) is 90.7 cm³/mol. The standard InChI is InChI=1S/C18H26N2O4/c1-18(2)12-20(10-14(24-18)11-23-3)16(21)9-8-13-6-4-5-7-15(13)17(19)22/h4-7,14H,8-12H2,1-3H3,(H2,19,22)/t14-/m1/s1. The van der Waals surface area contributed by atoms with E-state index in [1.807, 2.05) is 30.9 Å². The van der Waals surface area contributed by atoms with E-state index in [0.29, 0.717) is 38.1 Å². The minimum Gasteiger partial charge on any atom is -0.382 e. The summed E-state index contributed by atoms with van der Waals surface area (Å²) in [4.78, 5) is 25.9. The van der Waals surface area contributed by atoms with Crippen LogP contribution in [-0.2, 0) is 20.7 Å². The summed E-state index contributed by atoms with van der Waals surface area (Å²) >= 11 is 0. The molecule has 6 nitrogen and oxygen atoms in total. The van der Waals surface area contributed by atoms with Crippen molar-refractivity contribution < 1.29 is 19.1 Å². The summed E-state index contributed by atoms with van der Waals surface area (Å²) in [7, 11) is 1.62. The Labute approximate surface area is 142 Å². The molecular formula is C18H26N2O4. The molecule has 0 saturated carbocycles. The molecular weight excluding hydrogens is 308 g/mol. The number of hydrogen-bond acceptors (Lipinski definition) is 4. The second-order valence-electron chi connectivity index (χ2n) is 6.75. The summed E-state index contributed by atoms with van der Waals surface area (Å²) in [5.41, 5.74) is 6.27.